The van der Waals surface area contributed by atoms with Crippen LogP contribution in [-0.4, -0.2) is 27.8 Å². The number of rotatable bonds is 6. The van der Waals surface area contributed by atoms with Gasteiger partial charge in [0, 0.05) is 16.9 Å². The van der Waals surface area contributed by atoms with Crippen LogP contribution in [-0.2, 0) is 6.42 Å². The number of aromatic nitrogens is 3. The maximum atomic E-state index is 4.13. The molecule has 1 aliphatic rings. The molecular weight excluding hydrogens is 316 g/mol. The first-order chi connectivity index (χ1) is 9.81. The molecule has 0 bridgehead atoms. The predicted molar refractivity (Wildman–Crippen MR) is 82.6 cm³/mol. The number of nitrogens with one attached hydrogen (secondary N) is 2. The summed E-state index contributed by atoms with van der Waals surface area (Å²) in [6.45, 7) is 1.05. The predicted octanol–water partition coefficient (Wildman–Crippen LogP) is 3.04. The number of aromatic amines is 1. The van der Waals surface area contributed by atoms with Gasteiger partial charge in [-0.05, 0) is 49.4 Å². The number of hydrogen-bond donors (Lipinski definition) is 2. The second-order valence-corrected chi connectivity index (χ2v) is 6.33. The van der Waals surface area contributed by atoms with Crippen LogP contribution in [0.3, 0.4) is 0 Å². The zero-order chi connectivity index (χ0) is 13.8. The highest BCUT2D eigenvalue weighted by Crippen LogP contribution is 2.37. The largest absolute Gasteiger partial charge is 0.314 e. The van der Waals surface area contributed by atoms with Crippen molar-refractivity contribution in [2.45, 2.75) is 37.6 Å². The molecule has 0 spiro atoms. The van der Waals surface area contributed by atoms with Crippen molar-refractivity contribution in [3.05, 3.63) is 46.5 Å². The Kier molecular flexibility index (Phi) is 4.47. The summed E-state index contributed by atoms with van der Waals surface area (Å²) in [4.78, 5) is 4.13. The molecule has 0 atom stereocenters. The van der Waals surface area contributed by atoms with E-state index in [0.717, 1.165) is 31.1 Å². The van der Waals surface area contributed by atoms with Crippen molar-refractivity contribution < 1.29 is 0 Å². The van der Waals surface area contributed by atoms with Crippen LogP contribution in [0.15, 0.2) is 35.1 Å². The van der Waals surface area contributed by atoms with Gasteiger partial charge in [0.2, 0.25) is 0 Å². The van der Waals surface area contributed by atoms with Crippen LogP contribution >= 0.6 is 15.9 Å². The molecule has 0 amide bonds. The Balaban J connectivity index is 1.34. The van der Waals surface area contributed by atoms with Crippen molar-refractivity contribution in [2.75, 3.05) is 6.54 Å². The summed E-state index contributed by atoms with van der Waals surface area (Å²) < 4.78 is 1.18. The maximum absolute atomic E-state index is 4.13. The van der Waals surface area contributed by atoms with Crippen molar-refractivity contribution in [1.82, 2.24) is 20.5 Å². The topological polar surface area (TPSA) is 53.6 Å². The first-order valence-corrected chi connectivity index (χ1v) is 7.93. The van der Waals surface area contributed by atoms with E-state index in [0.29, 0.717) is 6.04 Å². The van der Waals surface area contributed by atoms with Crippen LogP contribution in [0.25, 0.3) is 0 Å². The van der Waals surface area contributed by atoms with Gasteiger partial charge in [-0.15, -0.1) is 0 Å². The van der Waals surface area contributed by atoms with E-state index in [1.165, 1.54) is 22.9 Å². The SMILES string of the molecule is Brc1cccc(C2CC(NCCCc3ncn[nH]3)C2)c1. The van der Waals surface area contributed by atoms with Gasteiger partial charge in [-0.1, -0.05) is 28.1 Å². The van der Waals surface area contributed by atoms with E-state index in [4.69, 9.17) is 0 Å². The monoisotopic (exact) mass is 334 g/mol. The minimum Gasteiger partial charge on any atom is -0.314 e. The Morgan fingerprint density at radius 1 is 1.35 bits per heavy atom. The van der Waals surface area contributed by atoms with Crippen molar-refractivity contribution in [2.24, 2.45) is 0 Å². The van der Waals surface area contributed by atoms with E-state index in [1.807, 2.05) is 0 Å². The fourth-order valence-electron chi connectivity index (χ4n) is 2.73. The lowest BCUT2D eigenvalue weighted by Crippen LogP contribution is -2.40. The van der Waals surface area contributed by atoms with Gasteiger partial charge in [0.15, 0.2) is 0 Å². The molecule has 1 heterocycles. The minimum atomic E-state index is 0.675. The molecule has 0 saturated heterocycles. The van der Waals surface area contributed by atoms with E-state index in [2.05, 4.69) is 60.7 Å². The second-order valence-electron chi connectivity index (χ2n) is 5.41. The van der Waals surface area contributed by atoms with Crippen LogP contribution in [0.1, 0.15) is 36.6 Å². The fraction of sp³-hybridized carbons (Fsp3) is 0.467. The highest BCUT2D eigenvalue weighted by molar-refractivity contribution is 9.10. The van der Waals surface area contributed by atoms with Crippen LogP contribution < -0.4 is 5.32 Å². The van der Waals surface area contributed by atoms with Crippen LogP contribution in [0.4, 0.5) is 0 Å². The first-order valence-electron chi connectivity index (χ1n) is 7.14. The zero-order valence-electron chi connectivity index (χ0n) is 11.3. The molecule has 1 aromatic heterocycles. The van der Waals surface area contributed by atoms with Crippen LogP contribution in [0, 0.1) is 0 Å². The molecule has 106 valence electrons. The lowest BCUT2D eigenvalue weighted by molar-refractivity contribution is 0.290. The van der Waals surface area contributed by atoms with Crippen molar-refractivity contribution >= 4 is 15.9 Å². The molecule has 0 radical (unpaired) electrons. The normalized spacial score (nSPS) is 21.6. The minimum absolute atomic E-state index is 0.675. The van der Waals surface area contributed by atoms with E-state index in [1.54, 1.807) is 6.33 Å². The lowest BCUT2D eigenvalue weighted by Gasteiger charge is -2.36. The Hall–Kier alpha value is -1.20. The van der Waals surface area contributed by atoms with E-state index >= 15 is 0 Å². The summed E-state index contributed by atoms with van der Waals surface area (Å²) >= 11 is 3.54. The van der Waals surface area contributed by atoms with E-state index in [9.17, 15) is 0 Å². The van der Waals surface area contributed by atoms with Gasteiger partial charge in [-0.3, -0.25) is 5.10 Å². The van der Waals surface area contributed by atoms with Crippen LogP contribution in [0.5, 0.6) is 0 Å². The Bertz CT molecular complexity index is 535. The van der Waals surface area contributed by atoms with E-state index < -0.39 is 0 Å². The Labute approximate surface area is 127 Å². The molecule has 20 heavy (non-hydrogen) atoms. The summed E-state index contributed by atoms with van der Waals surface area (Å²) in [7, 11) is 0. The highest BCUT2D eigenvalue weighted by atomic mass is 79.9. The molecule has 2 aromatic rings. The molecule has 3 rings (SSSR count). The molecule has 0 aliphatic heterocycles. The zero-order valence-corrected chi connectivity index (χ0v) is 12.9. The number of halogens is 1. The first kappa shape index (κ1) is 13.8. The molecule has 0 unspecified atom stereocenters. The number of benzene rings is 1. The summed E-state index contributed by atoms with van der Waals surface area (Å²) in [5.41, 5.74) is 1.46. The molecule has 4 nitrogen and oxygen atoms in total. The second kappa shape index (κ2) is 6.50. The summed E-state index contributed by atoms with van der Waals surface area (Å²) in [5, 5.41) is 10.4. The highest BCUT2D eigenvalue weighted by Gasteiger charge is 2.29. The van der Waals surface area contributed by atoms with Gasteiger partial charge in [0.1, 0.15) is 12.2 Å². The summed E-state index contributed by atoms with van der Waals surface area (Å²) in [5.74, 6) is 1.70. The maximum Gasteiger partial charge on any atom is 0.137 e. The lowest BCUT2D eigenvalue weighted by atomic mass is 9.76. The van der Waals surface area contributed by atoms with E-state index in [-0.39, 0.29) is 0 Å². The quantitative estimate of drug-likeness (QED) is 0.798. The van der Waals surface area contributed by atoms with Crippen molar-refractivity contribution in [1.29, 1.82) is 0 Å². The summed E-state index contributed by atoms with van der Waals surface area (Å²) in [6.07, 6.45) is 6.14. The third kappa shape index (κ3) is 3.46. The van der Waals surface area contributed by atoms with Gasteiger partial charge < -0.3 is 5.32 Å². The Morgan fingerprint density at radius 3 is 3.00 bits per heavy atom. The number of hydrogen-bond acceptors (Lipinski definition) is 3. The molecule has 1 aromatic carbocycles. The number of aryl methyl sites for hydroxylation is 1. The van der Waals surface area contributed by atoms with Gasteiger partial charge >= 0.3 is 0 Å². The molecule has 1 fully saturated rings. The molecule has 1 aliphatic carbocycles. The molecule has 1 saturated carbocycles. The van der Waals surface area contributed by atoms with Crippen LogP contribution in [0.2, 0.25) is 0 Å². The third-order valence-corrected chi connectivity index (χ3v) is 4.44. The Morgan fingerprint density at radius 2 is 2.25 bits per heavy atom. The number of H-pyrrole nitrogens is 1. The fourth-order valence-corrected chi connectivity index (χ4v) is 3.15. The molecule has 5 heteroatoms. The van der Waals surface area contributed by atoms with Crippen molar-refractivity contribution in [3.8, 4) is 0 Å². The van der Waals surface area contributed by atoms with Gasteiger partial charge in [0.25, 0.3) is 0 Å². The standard InChI is InChI=1S/C15H19BrN4/c16-13-4-1-3-11(7-13)12-8-14(9-12)17-6-2-5-15-18-10-19-20-15/h1,3-4,7,10,12,14,17H,2,5-6,8-9H2,(H,18,19,20). The third-order valence-electron chi connectivity index (χ3n) is 3.95. The van der Waals surface area contributed by atoms with Gasteiger partial charge in [-0.2, -0.15) is 5.10 Å². The van der Waals surface area contributed by atoms with Gasteiger partial charge in [-0.25, -0.2) is 4.98 Å². The number of nitrogens with zero attached hydrogens (tertiary/aromatic N) is 2. The van der Waals surface area contributed by atoms with Gasteiger partial charge in [0.05, 0.1) is 0 Å². The average Bonchev–Trinajstić information content (AvgIpc) is 2.89. The molecule has 2 N–H and O–H groups in total. The average molecular weight is 335 g/mol. The smallest absolute Gasteiger partial charge is 0.137 e. The summed E-state index contributed by atoms with van der Waals surface area (Å²) in [6, 6.07) is 9.35. The molecular formula is C15H19BrN4. The van der Waals surface area contributed by atoms with Crippen molar-refractivity contribution in [3.63, 3.8) is 0 Å².